The molecule has 14 heavy (non-hydrogen) atoms. The second-order valence-corrected chi connectivity index (χ2v) is 3.15. The number of aliphatic carboxylic acids is 1. The molecule has 1 heterocycles. The summed E-state index contributed by atoms with van der Waals surface area (Å²) in [5.74, 6) is 0.0718. The maximum absolute atomic E-state index is 10.8. The van der Waals surface area contributed by atoms with Crippen LogP contribution < -0.4 is 9.47 Å². The van der Waals surface area contributed by atoms with Crippen molar-refractivity contribution < 1.29 is 19.4 Å². The molecule has 2 rings (SSSR count). The number of para-hydroxylation sites is 2. The molecule has 0 fully saturated rings. The number of rotatable bonds is 1. The Kier molecular flexibility index (Phi) is 2.04. The quantitative estimate of drug-likeness (QED) is 0.732. The Morgan fingerprint density at radius 3 is 2.43 bits per heavy atom. The fourth-order valence-corrected chi connectivity index (χ4v) is 1.39. The lowest BCUT2D eigenvalue weighted by Gasteiger charge is -2.29. The van der Waals surface area contributed by atoms with E-state index in [0.717, 1.165) is 0 Å². The number of hydrogen-bond acceptors (Lipinski definition) is 3. The lowest BCUT2D eigenvalue weighted by atomic mass is 10.2. The van der Waals surface area contributed by atoms with Crippen LogP contribution >= 0.6 is 0 Å². The molecule has 4 nitrogen and oxygen atoms in total. The average molecular weight is 194 g/mol. The smallest absolute Gasteiger partial charge is 0.348 e. The van der Waals surface area contributed by atoms with Crippen molar-refractivity contribution in [1.29, 1.82) is 0 Å². The van der Waals surface area contributed by atoms with Crippen LogP contribution in [-0.2, 0) is 4.79 Å². The minimum Gasteiger partial charge on any atom is -0.482 e. The van der Waals surface area contributed by atoms with Crippen LogP contribution in [0.15, 0.2) is 24.3 Å². The molecular weight excluding hydrogens is 184 g/mol. The van der Waals surface area contributed by atoms with E-state index in [1.807, 2.05) is 6.07 Å². The van der Waals surface area contributed by atoms with Gasteiger partial charge in [0.15, 0.2) is 11.5 Å². The summed E-state index contributed by atoms with van der Waals surface area (Å²) < 4.78 is 10.7. The van der Waals surface area contributed by atoms with E-state index in [0.29, 0.717) is 11.5 Å². The highest BCUT2D eigenvalue weighted by atomic mass is 16.6. The highest BCUT2D eigenvalue weighted by Gasteiger charge is 2.33. The van der Waals surface area contributed by atoms with Crippen molar-refractivity contribution in [3.05, 3.63) is 24.3 Å². The summed E-state index contributed by atoms with van der Waals surface area (Å²) in [6.07, 6.45) is -1.40. The van der Waals surface area contributed by atoms with Crippen molar-refractivity contribution in [3.63, 3.8) is 0 Å². The number of hydrogen-bond donors (Lipinski definition) is 1. The number of carbonyl (C=O) groups is 1. The molecule has 0 bridgehead atoms. The van der Waals surface area contributed by atoms with Gasteiger partial charge in [-0.25, -0.2) is 4.79 Å². The van der Waals surface area contributed by atoms with Crippen LogP contribution in [0.2, 0.25) is 0 Å². The van der Waals surface area contributed by atoms with E-state index in [2.05, 4.69) is 0 Å². The van der Waals surface area contributed by atoms with Crippen molar-refractivity contribution in [3.8, 4) is 11.5 Å². The second kappa shape index (κ2) is 3.21. The Balaban J connectivity index is 2.31. The van der Waals surface area contributed by atoms with Crippen molar-refractivity contribution in [2.45, 2.75) is 19.1 Å². The number of carboxylic acid groups (broad SMARTS) is 1. The zero-order valence-corrected chi connectivity index (χ0v) is 7.64. The third-order valence-corrected chi connectivity index (χ3v) is 2.09. The predicted molar refractivity (Wildman–Crippen MR) is 48.6 cm³/mol. The molecule has 1 aromatic rings. The van der Waals surface area contributed by atoms with E-state index < -0.39 is 18.2 Å². The van der Waals surface area contributed by atoms with Gasteiger partial charge in [-0.1, -0.05) is 12.1 Å². The average Bonchev–Trinajstić information content (AvgIpc) is 2.16. The minimum atomic E-state index is -1.01. The molecular formula is C10H10O4. The molecule has 0 unspecified atom stereocenters. The lowest BCUT2D eigenvalue weighted by Crippen LogP contribution is -2.43. The van der Waals surface area contributed by atoms with E-state index in [1.165, 1.54) is 0 Å². The molecule has 1 aliphatic heterocycles. The molecule has 0 aromatic heterocycles. The molecule has 0 saturated heterocycles. The van der Waals surface area contributed by atoms with Crippen molar-refractivity contribution in [2.75, 3.05) is 0 Å². The van der Waals surface area contributed by atoms with Crippen LogP contribution in [0.3, 0.4) is 0 Å². The molecule has 1 aliphatic rings. The van der Waals surface area contributed by atoms with Crippen LogP contribution in [0.1, 0.15) is 6.92 Å². The third kappa shape index (κ3) is 1.39. The monoisotopic (exact) mass is 194 g/mol. The fourth-order valence-electron chi connectivity index (χ4n) is 1.39. The molecule has 0 aliphatic carbocycles. The van der Waals surface area contributed by atoms with E-state index >= 15 is 0 Å². The Bertz CT molecular complexity index is 361. The van der Waals surface area contributed by atoms with Crippen LogP contribution in [0, 0.1) is 0 Å². The van der Waals surface area contributed by atoms with Crippen LogP contribution in [-0.4, -0.2) is 23.3 Å². The molecule has 0 amide bonds. The van der Waals surface area contributed by atoms with Gasteiger partial charge in [0.2, 0.25) is 6.10 Å². The molecule has 0 saturated carbocycles. The predicted octanol–water partition coefficient (Wildman–Crippen LogP) is 1.30. The molecule has 4 heteroatoms. The summed E-state index contributed by atoms with van der Waals surface area (Å²) in [5, 5.41) is 8.83. The van der Waals surface area contributed by atoms with Crippen molar-refractivity contribution in [1.82, 2.24) is 0 Å². The van der Waals surface area contributed by atoms with Gasteiger partial charge in [0.25, 0.3) is 0 Å². The Hall–Kier alpha value is -1.71. The van der Waals surface area contributed by atoms with E-state index in [9.17, 15) is 4.79 Å². The van der Waals surface area contributed by atoms with Gasteiger partial charge in [0, 0.05) is 0 Å². The molecule has 2 atom stereocenters. The normalized spacial score (nSPS) is 24.4. The third-order valence-electron chi connectivity index (χ3n) is 2.09. The summed E-state index contributed by atoms with van der Waals surface area (Å²) in [5.41, 5.74) is 0. The van der Waals surface area contributed by atoms with Crippen LogP contribution in [0.4, 0.5) is 0 Å². The van der Waals surface area contributed by atoms with Gasteiger partial charge in [0.05, 0.1) is 0 Å². The summed E-state index contributed by atoms with van der Waals surface area (Å²) in [6, 6.07) is 7.04. The second-order valence-electron chi connectivity index (χ2n) is 3.15. The topological polar surface area (TPSA) is 55.8 Å². The standard InChI is InChI=1S/C10H10O4/c1-6-9(10(11)12)14-8-5-3-2-4-7(8)13-6/h2-6,9H,1H3,(H,11,12)/t6-,9+/m0/s1. The van der Waals surface area contributed by atoms with E-state index in [4.69, 9.17) is 14.6 Å². The summed E-state index contributed by atoms with van der Waals surface area (Å²) in [7, 11) is 0. The summed E-state index contributed by atoms with van der Waals surface area (Å²) in [4.78, 5) is 10.8. The molecule has 0 radical (unpaired) electrons. The number of carboxylic acids is 1. The highest BCUT2D eigenvalue weighted by molar-refractivity contribution is 5.74. The Morgan fingerprint density at radius 1 is 1.29 bits per heavy atom. The molecule has 1 aromatic carbocycles. The van der Waals surface area contributed by atoms with Gasteiger partial charge in [0.1, 0.15) is 6.10 Å². The van der Waals surface area contributed by atoms with Gasteiger partial charge in [-0.2, -0.15) is 0 Å². The lowest BCUT2D eigenvalue weighted by molar-refractivity contribution is -0.150. The summed E-state index contributed by atoms with van der Waals surface area (Å²) in [6.45, 7) is 1.68. The largest absolute Gasteiger partial charge is 0.482 e. The van der Waals surface area contributed by atoms with Crippen molar-refractivity contribution >= 4 is 5.97 Å². The van der Waals surface area contributed by atoms with Crippen molar-refractivity contribution in [2.24, 2.45) is 0 Å². The summed E-state index contributed by atoms with van der Waals surface area (Å²) >= 11 is 0. The van der Waals surface area contributed by atoms with Gasteiger partial charge in [-0.05, 0) is 19.1 Å². The van der Waals surface area contributed by atoms with E-state index in [1.54, 1.807) is 25.1 Å². The Morgan fingerprint density at radius 2 is 1.86 bits per heavy atom. The molecule has 0 spiro atoms. The van der Waals surface area contributed by atoms with Crippen LogP contribution in [0.5, 0.6) is 11.5 Å². The zero-order valence-electron chi connectivity index (χ0n) is 7.64. The van der Waals surface area contributed by atoms with Gasteiger partial charge in [-0.15, -0.1) is 0 Å². The number of fused-ring (bicyclic) bond motifs is 1. The maximum atomic E-state index is 10.8. The maximum Gasteiger partial charge on any atom is 0.348 e. The number of benzene rings is 1. The first kappa shape index (κ1) is 8.87. The SMILES string of the molecule is C[C@@H]1Oc2ccccc2O[C@H]1C(=O)O. The highest BCUT2D eigenvalue weighted by Crippen LogP contribution is 2.33. The van der Waals surface area contributed by atoms with Gasteiger partial charge < -0.3 is 14.6 Å². The van der Waals surface area contributed by atoms with Gasteiger partial charge in [-0.3, -0.25) is 0 Å². The van der Waals surface area contributed by atoms with Gasteiger partial charge >= 0.3 is 5.97 Å². The Labute approximate surface area is 81.1 Å². The zero-order chi connectivity index (χ0) is 10.1. The molecule has 1 N–H and O–H groups in total. The molecule has 74 valence electrons. The first-order valence-corrected chi connectivity index (χ1v) is 4.33. The van der Waals surface area contributed by atoms with E-state index in [-0.39, 0.29) is 0 Å². The first-order chi connectivity index (χ1) is 6.68. The fraction of sp³-hybridized carbons (Fsp3) is 0.300. The minimum absolute atomic E-state index is 0.470. The van der Waals surface area contributed by atoms with Crippen LogP contribution in [0.25, 0.3) is 0 Å². The number of ether oxygens (including phenoxy) is 2. The first-order valence-electron chi connectivity index (χ1n) is 4.33.